The summed E-state index contributed by atoms with van der Waals surface area (Å²) in [4.78, 5) is 0. The molecule has 3 aliphatic carbocycles. The van der Waals surface area contributed by atoms with Crippen molar-refractivity contribution in [1.29, 1.82) is 0 Å². The summed E-state index contributed by atoms with van der Waals surface area (Å²) in [6, 6.07) is 0. The largest absolute Gasteiger partial charge is 0.393 e. The van der Waals surface area contributed by atoms with Crippen LogP contribution in [-0.4, -0.2) is 21.9 Å². The van der Waals surface area contributed by atoms with Crippen molar-refractivity contribution >= 4 is 0 Å². The van der Waals surface area contributed by atoms with Crippen molar-refractivity contribution in [2.75, 3.05) is 0 Å². The van der Waals surface area contributed by atoms with Gasteiger partial charge in [0, 0.05) is 0 Å². The van der Waals surface area contributed by atoms with Gasteiger partial charge < -0.3 is 10.2 Å². The van der Waals surface area contributed by atoms with E-state index in [9.17, 15) is 10.2 Å². The van der Waals surface area contributed by atoms with Crippen LogP contribution in [0.5, 0.6) is 0 Å². The third kappa shape index (κ3) is 5.44. The van der Waals surface area contributed by atoms with Gasteiger partial charge in [-0.15, -0.1) is 0 Å². The standard InChI is InChI=1S/C27H44O2/c1-19-10-13-23(28)18-22(19)12-11-21-9-7-17-27(5)24(14-15-25(21)27)20(2)8-6-16-26(3,4)29/h11-12,20,23-25,28-29H,1,6-10,13-18H2,2-5H3/b21-11+,22-12-/t20-,23+,24?,25?,27-/m1/s1. The van der Waals surface area contributed by atoms with E-state index in [0.717, 1.165) is 49.9 Å². The van der Waals surface area contributed by atoms with Gasteiger partial charge in [0.2, 0.25) is 0 Å². The zero-order valence-corrected chi connectivity index (χ0v) is 19.3. The van der Waals surface area contributed by atoms with Crippen LogP contribution in [0.4, 0.5) is 0 Å². The fraction of sp³-hybridized carbons (Fsp3) is 0.778. The van der Waals surface area contributed by atoms with E-state index in [-0.39, 0.29) is 6.10 Å². The van der Waals surface area contributed by atoms with Crippen LogP contribution in [0.25, 0.3) is 0 Å². The van der Waals surface area contributed by atoms with Gasteiger partial charge in [-0.1, -0.05) is 56.6 Å². The van der Waals surface area contributed by atoms with Crippen molar-refractivity contribution in [1.82, 2.24) is 0 Å². The number of aliphatic hydroxyl groups excluding tert-OH is 1. The number of fused-ring (bicyclic) bond motifs is 1. The molecule has 0 bridgehead atoms. The smallest absolute Gasteiger partial charge is 0.0591 e. The number of allylic oxidation sites excluding steroid dienone is 4. The second-order valence-corrected chi connectivity index (χ2v) is 11.2. The van der Waals surface area contributed by atoms with Gasteiger partial charge >= 0.3 is 0 Å². The van der Waals surface area contributed by atoms with Crippen LogP contribution in [0, 0.1) is 23.2 Å². The van der Waals surface area contributed by atoms with Crippen LogP contribution in [0.15, 0.2) is 35.5 Å². The molecule has 164 valence electrons. The predicted molar refractivity (Wildman–Crippen MR) is 123 cm³/mol. The summed E-state index contributed by atoms with van der Waals surface area (Å²) >= 11 is 0. The first-order chi connectivity index (χ1) is 13.6. The lowest BCUT2D eigenvalue weighted by Crippen LogP contribution is -2.36. The summed E-state index contributed by atoms with van der Waals surface area (Å²) < 4.78 is 0. The Kier molecular flexibility index (Phi) is 7.16. The molecule has 3 rings (SSSR count). The summed E-state index contributed by atoms with van der Waals surface area (Å²) in [5.74, 6) is 2.26. The van der Waals surface area contributed by atoms with E-state index in [1.54, 1.807) is 5.57 Å². The number of hydrogen-bond donors (Lipinski definition) is 2. The molecule has 0 radical (unpaired) electrons. The minimum Gasteiger partial charge on any atom is -0.393 e. The van der Waals surface area contributed by atoms with Crippen molar-refractivity contribution < 1.29 is 10.2 Å². The molecular weight excluding hydrogens is 356 g/mol. The Morgan fingerprint density at radius 2 is 1.97 bits per heavy atom. The average Bonchev–Trinajstić information content (AvgIpc) is 2.99. The third-order valence-electron chi connectivity index (χ3n) is 8.36. The minimum atomic E-state index is -0.535. The highest BCUT2D eigenvalue weighted by molar-refractivity contribution is 5.36. The van der Waals surface area contributed by atoms with Crippen LogP contribution in [-0.2, 0) is 0 Å². The monoisotopic (exact) mass is 400 g/mol. The van der Waals surface area contributed by atoms with Crippen LogP contribution < -0.4 is 0 Å². The summed E-state index contributed by atoms with van der Waals surface area (Å²) in [7, 11) is 0. The lowest BCUT2D eigenvalue weighted by atomic mass is 9.60. The Morgan fingerprint density at radius 3 is 2.69 bits per heavy atom. The molecule has 2 heteroatoms. The fourth-order valence-corrected chi connectivity index (χ4v) is 6.67. The number of hydrogen-bond acceptors (Lipinski definition) is 2. The molecule has 29 heavy (non-hydrogen) atoms. The molecule has 0 heterocycles. The van der Waals surface area contributed by atoms with Gasteiger partial charge in [0.15, 0.2) is 0 Å². The van der Waals surface area contributed by atoms with Gasteiger partial charge in [-0.3, -0.25) is 0 Å². The predicted octanol–water partition coefficient (Wildman–Crippen LogP) is 6.73. The molecule has 3 aliphatic rings. The molecule has 0 saturated heterocycles. The van der Waals surface area contributed by atoms with E-state index >= 15 is 0 Å². The zero-order chi connectivity index (χ0) is 21.2. The van der Waals surface area contributed by atoms with Gasteiger partial charge in [-0.05, 0) is 100 Å². The zero-order valence-electron chi connectivity index (χ0n) is 19.3. The van der Waals surface area contributed by atoms with Gasteiger partial charge in [0.25, 0.3) is 0 Å². The summed E-state index contributed by atoms with van der Waals surface area (Å²) in [5, 5.41) is 20.1. The molecule has 0 spiro atoms. The average molecular weight is 401 g/mol. The molecule has 0 aliphatic heterocycles. The maximum atomic E-state index is 10.0. The van der Waals surface area contributed by atoms with E-state index in [0.29, 0.717) is 5.41 Å². The van der Waals surface area contributed by atoms with Crippen molar-refractivity contribution in [2.45, 2.75) is 110 Å². The normalized spacial score (nSPS) is 37.2. The molecular formula is C27H44O2. The lowest BCUT2D eigenvalue weighted by Gasteiger charge is -2.44. The molecule has 2 unspecified atom stereocenters. The van der Waals surface area contributed by atoms with Crippen molar-refractivity contribution in [3.05, 3.63) is 35.5 Å². The highest BCUT2D eigenvalue weighted by atomic mass is 16.3. The summed E-state index contributed by atoms with van der Waals surface area (Å²) in [6.07, 6.45) is 16.9. The molecule has 0 aromatic rings. The van der Waals surface area contributed by atoms with Crippen LogP contribution in [0.1, 0.15) is 98.3 Å². The maximum Gasteiger partial charge on any atom is 0.0591 e. The molecule has 2 nitrogen and oxygen atoms in total. The van der Waals surface area contributed by atoms with Gasteiger partial charge in [0.1, 0.15) is 0 Å². The summed E-state index contributed by atoms with van der Waals surface area (Å²) in [6.45, 7) is 13.1. The van der Waals surface area contributed by atoms with E-state index < -0.39 is 5.60 Å². The lowest BCUT2D eigenvalue weighted by molar-refractivity contribution is 0.0596. The number of aliphatic hydroxyl groups is 2. The van der Waals surface area contributed by atoms with Crippen molar-refractivity contribution in [3.63, 3.8) is 0 Å². The molecule has 3 saturated carbocycles. The Labute approximate surface area is 179 Å². The van der Waals surface area contributed by atoms with Crippen LogP contribution >= 0.6 is 0 Å². The molecule has 2 N–H and O–H groups in total. The number of rotatable bonds is 6. The van der Waals surface area contributed by atoms with Crippen LogP contribution in [0.2, 0.25) is 0 Å². The molecule has 5 atom stereocenters. The van der Waals surface area contributed by atoms with E-state index in [2.05, 4.69) is 32.6 Å². The third-order valence-corrected chi connectivity index (χ3v) is 8.36. The molecule has 0 aromatic carbocycles. The highest BCUT2D eigenvalue weighted by Gasteiger charge is 2.50. The topological polar surface area (TPSA) is 40.5 Å². The highest BCUT2D eigenvalue weighted by Crippen LogP contribution is 2.60. The second-order valence-electron chi connectivity index (χ2n) is 11.2. The van der Waals surface area contributed by atoms with Crippen LogP contribution in [0.3, 0.4) is 0 Å². The first kappa shape index (κ1) is 22.8. The quantitative estimate of drug-likeness (QED) is 0.518. The first-order valence-corrected chi connectivity index (χ1v) is 12.1. The second kappa shape index (κ2) is 9.10. The Morgan fingerprint density at radius 1 is 1.21 bits per heavy atom. The van der Waals surface area contributed by atoms with Gasteiger partial charge in [-0.25, -0.2) is 0 Å². The molecule has 0 aromatic heterocycles. The maximum absolute atomic E-state index is 10.0. The molecule has 3 fully saturated rings. The summed E-state index contributed by atoms with van der Waals surface area (Å²) in [5.41, 5.74) is 4.02. The van der Waals surface area contributed by atoms with E-state index in [1.807, 2.05) is 13.8 Å². The van der Waals surface area contributed by atoms with E-state index in [1.165, 1.54) is 49.7 Å². The molecule has 0 amide bonds. The van der Waals surface area contributed by atoms with Crippen molar-refractivity contribution in [2.24, 2.45) is 23.2 Å². The SMILES string of the molecule is C=C1CC[C@H](O)C/C1=C/C=C1\CCC[C@@]2(C)C1CCC2[C@H](C)CCCC(C)(C)O. The van der Waals surface area contributed by atoms with Gasteiger partial charge in [0.05, 0.1) is 11.7 Å². The van der Waals surface area contributed by atoms with Gasteiger partial charge in [-0.2, -0.15) is 0 Å². The fourth-order valence-electron chi connectivity index (χ4n) is 6.67. The van der Waals surface area contributed by atoms with Crippen molar-refractivity contribution in [3.8, 4) is 0 Å². The first-order valence-electron chi connectivity index (χ1n) is 12.1. The Hall–Kier alpha value is -0.860. The Bertz CT molecular complexity index is 650. The Balaban J connectivity index is 1.68. The minimum absolute atomic E-state index is 0.192. The van der Waals surface area contributed by atoms with E-state index in [4.69, 9.17) is 0 Å².